The van der Waals surface area contributed by atoms with Gasteiger partial charge in [0.05, 0.1) is 15.8 Å². The van der Waals surface area contributed by atoms with Gasteiger partial charge in [-0.1, -0.05) is 36.8 Å². The number of nitro groups is 1. The Balaban J connectivity index is 1.83. The summed E-state index contributed by atoms with van der Waals surface area (Å²) >= 11 is 1.40. The lowest BCUT2D eigenvalue weighted by molar-refractivity contribution is -0.384. The molecule has 1 atom stereocenters. The summed E-state index contributed by atoms with van der Waals surface area (Å²) in [5.41, 5.74) is 0.864. The largest absolute Gasteiger partial charge is 0.492 e. The van der Waals surface area contributed by atoms with Gasteiger partial charge in [-0.05, 0) is 31.5 Å². The minimum atomic E-state index is -0.382. The predicted molar refractivity (Wildman–Crippen MR) is 102 cm³/mol. The van der Waals surface area contributed by atoms with Crippen molar-refractivity contribution in [3.8, 4) is 5.88 Å². The Morgan fingerprint density at radius 3 is 2.78 bits per heavy atom. The number of benzene rings is 1. The fourth-order valence-corrected chi connectivity index (χ4v) is 4.77. The third-order valence-corrected chi connectivity index (χ3v) is 6.03. The van der Waals surface area contributed by atoms with Crippen LogP contribution in [0.25, 0.3) is 4.96 Å². The molecule has 142 valence electrons. The molecule has 2 aromatic heterocycles. The first-order valence-electron chi connectivity index (χ1n) is 9.14. The van der Waals surface area contributed by atoms with Crippen molar-refractivity contribution < 1.29 is 10.0 Å². The second-order valence-corrected chi connectivity index (χ2v) is 7.73. The van der Waals surface area contributed by atoms with E-state index in [1.54, 1.807) is 12.1 Å². The molecule has 0 amide bonds. The second kappa shape index (κ2) is 7.24. The van der Waals surface area contributed by atoms with Crippen LogP contribution in [-0.2, 0) is 6.42 Å². The molecule has 1 aliphatic rings. The molecule has 4 rings (SSSR count). The third-order valence-electron chi connectivity index (χ3n) is 4.96. The van der Waals surface area contributed by atoms with Crippen molar-refractivity contribution >= 4 is 22.0 Å². The van der Waals surface area contributed by atoms with Crippen molar-refractivity contribution in [2.24, 2.45) is 0 Å². The summed E-state index contributed by atoms with van der Waals surface area (Å²) < 4.78 is 1.48. The van der Waals surface area contributed by atoms with Crippen LogP contribution in [0.4, 0.5) is 5.69 Å². The lowest BCUT2D eigenvalue weighted by atomic mass is 10.00. The predicted octanol–water partition coefficient (Wildman–Crippen LogP) is 3.54. The maximum Gasteiger partial charge on any atom is 0.269 e. The van der Waals surface area contributed by atoms with E-state index in [0.717, 1.165) is 36.4 Å². The van der Waals surface area contributed by atoms with Crippen molar-refractivity contribution in [1.29, 1.82) is 0 Å². The number of aromatic hydroxyl groups is 1. The van der Waals surface area contributed by atoms with Crippen molar-refractivity contribution in [3.63, 3.8) is 0 Å². The number of piperidine rings is 1. The molecule has 0 spiro atoms. The van der Waals surface area contributed by atoms with E-state index in [9.17, 15) is 15.2 Å². The number of nitrogens with zero attached hydrogens (tertiary/aromatic N) is 5. The highest BCUT2D eigenvalue weighted by Gasteiger charge is 2.31. The van der Waals surface area contributed by atoms with E-state index in [0.29, 0.717) is 17.2 Å². The molecule has 1 N–H and O–H groups in total. The van der Waals surface area contributed by atoms with Gasteiger partial charge in [0.25, 0.3) is 5.69 Å². The van der Waals surface area contributed by atoms with E-state index in [1.165, 1.54) is 28.3 Å². The number of rotatable bonds is 5. The normalized spacial score (nSPS) is 16.6. The van der Waals surface area contributed by atoms with E-state index in [2.05, 4.69) is 15.0 Å². The maximum atomic E-state index is 11.2. The Morgan fingerprint density at radius 2 is 2.11 bits per heavy atom. The topological polar surface area (TPSA) is 96.8 Å². The molecule has 3 aromatic rings. The van der Waals surface area contributed by atoms with E-state index < -0.39 is 0 Å². The zero-order valence-electron chi connectivity index (χ0n) is 15.0. The molecule has 27 heavy (non-hydrogen) atoms. The van der Waals surface area contributed by atoms with Crippen LogP contribution in [0.15, 0.2) is 24.3 Å². The molecule has 1 unspecified atom stereocenters. The fraction of sp³-hybridized carbons (Fsp3) is 0.444. The van der Waals surface area contributed by atoms with Gasteiger partial charge in [0.15, 0.2) is 5.82 Å². The molecule has 0 aliphatic carbocycles. The number of aromatic nitrogens is 3. The zero-order valence-corrected chi connectivity index (χ0v) is 15.9. The van der Waals surface area contributed by atoms with Crippen LogP contribution < -0.4 is 0 Å². The van der Waals surface area contributed by atoms with Gasteiger partial charge in [0, 0.05) is 18.6 Å². The molecule has 0 saturated carbocycles. The summed E-state index contributed by atoms with van der Waals surface area (Å²) in [6, 6.07) is 6.44. The smallest absolute Gasteiger partial charge is 0.269 e. The number of nitro benzene ring substituents is 1. The molecular weight excluding hydrogens is 366 g/mol. The summed E-state index contributed by atoms with van der Waals surface area (Å²) in [7, 11) is 0. The maximum absolute atomic E-state index is 11.2. The molecule has 9 heteroatoms. The number of hydrogen-bond acceptors (Lipinski definition) is 7. The number of aryl methyl sites for hydroxylation is 1. The van der Waals surface area contributed by atoms with Crippen molar-refractivity contribution in [2.75, 3.05) is 13.1 Å². The van der Waals surface area contributed by atoms with Crippen LogP contribution in [0.3, 0.4) is 0 Å². The zero-order chi connectivity index (χ0) is 19.0. The summed E-state index contributed by atoms with van der Waals surface area (Å²) in [6.07, 6.45) is 4.03. The molecule has 3 heterocycles. The summed E-state index contributed by atoms with van der Waals surface area (Å²) in [6.45, 7) is 3.75. The lowest BCUT2D eigenvalue weighted by Gasteiger charge is -2.34. The van der Waals surface area contributed by atoms with E-state index in [-0.39, 0.29) is 22.5 Å². The average molecular weight is 387 g/mol. The molecule has 0 radical (unpaired) electrons. The van der Waals surface area contributed by atoms with Crippen molar-refractivity contribution in [1.82, 2.24) is 19.5 Å². The molecule has 1 aromatic carbocycles. The number of non-ortho nitro benzene ring substituents is 1. The quantitative estimate of drug-likeness (QED) is 0.531. The first-order chi connectivity index (χ1) is 13.1. The van der Waals surface area contributed by atoms with Gasteiger partial charge < -0.3 is 5.11 Å². The Hall–Kier alpha value is -2.52. The second-order valence-electron chi connectivity index (χ2n) is 6.72. The van der Waals surface area contributed by atoms with Crippen molar-refractivity contribution in [3.05, 3.63) is 50.6 Å². The van der Waals surface area contributed by atoms with Crippen LogP contribution in [0, 0.1) is 10.1 Å². The average Bonchev–Trinajstić information content (AvgIpc) is 3.23. The molecule has 8 nitrogen and oxygen atoms in total. The van der Waals surface area contributed by atoms with E-state index >= 15 is 0 Å². The lowest BCUT2D eigenvalue weighted by Crippen LogP contribution is -2.34. The molecule has 1 fully saturated rings. The van der Waals surface area contributed by atoms with Crippen LogP contribution in [-0.4, -0.2) is 42.6 Å². The van der Waals surface area contributed by atoms with Gasteiger partial charge in [-0.15, -0.1) is 5.10 Å². The van der Waals surface area contributed by atoms with E-state index in [1.807, 2.05) is 13.0 Å². The summed E-state index contributed by atoms with van der Waals surface area (Å²) in [4.78, 5) is 19.0. The van der Waals surface area contributed by atoms with Gasteiger partial charge in [0.1, 0.15) is 0 Å². The first-order valence-corrected chi connectivity index (χ1v) is 9.96. The van der Waals surface area contributed by atoms with Gasteiger partial charge in [-0.25, -0.2) is 4.98 Å². The fourth-order valence-electron chi connectivity index (χ4n) is 3.63. The van der Waals surface area contributed by atoms with Gasteiger partial charge in [0.2, 0.25) is 10.8 Å². The third kappa shape index (κ3) is 3.28. The Morgan fingerprint density at radius 1 is 1.33 bits per heavy atom. The summed E-state index contributed by atoms with van der Waals surface area (Å²) in [5.74, 6) is 0.761. The Bertz CT molecular complexity index is 977. The Labute approximate surface area is 160 Å². The number of fused-ring (bicyclic) bond motifs is 1. The highest BCUT2D eigenvalue weighted by atomic mass is 32.1. The number of thiazole rings is 1. The minimum absolute atomic E-state index is 0.0572. The van der Waals surface area contributed by atoms with Crippen LogP contribution >= 0.6 is 11.3 Å². The molecular formula is C18H21N5O3S. The molecule has 1 saturated heterocycles. The van der Waals surface area contributed by atoms with Gasteiger partial charge in [-0.3, -0.25) is 15.0 Å². The summed E-state index contributed by atoms with van der Waals surface area (Å²) in [5, 5.41) is 26.5. The molecule has 1 aliphatic heterocycles. The van der Waals surface area contributed by atoms with Gasteiger partial charge in [-0.2, -0.15) is 4.52 Å². The van der Waals surface area contributed by atoms with Crippen LogP contribution in [0.1, 0.15) is 48.5 Å². The monoisotopic (exact) mass is 387 g/mol. The number of likely N-dealkylation sites (tertiary alicyclic amines) is 1. The van der Waals surface area contributed by atoms with Crippen LogP contribution in [0.5, 0.6) is 5.88 Å². The van der Waals surface area contributed by atoms with Crippen molar-refractivity contribution in [2.45, 2.75) is 38.6 Å². The highest BCUT2D eigenvalue weighted by molar-refractivity contribution is 7.17. The Kier molecular flexibility index (Phi) is 4.79. The first kappa shape index (κ1) is 17.9. The number of hydrogen-bond donors (Lipinski definition) is 1. The SMILES string of the molecule is CCc1nc2sc(C(c3cccc([N+](=O)[O-])c3)N3CCCCC3)c(O)n2n1. The molecule has 0 bridgehead atoms. The van der Waals surface area contributed by atoms with Crippen LogP contribution in [0.2, 0.25) is 0 Å². The minimum Gasteiger partial charge on any atom is -0.492 e. The van der Waals surface area contributed by atoms with Gasteiger partial charge >= 0.3 is 0 Å². The highest BCUT2D eigenvalue weighted by Crippen LogP contribution is 2.41. The standard InChI is InChI=1S/C18H21N5O3S/c1-2-14-19-18-22(20-14)17(24)16(27-18)15(21-9-4-3-5-10-21)12-7-6-8-13(11-12)23(25)26/h6-8,11,15,24H,2-5,9-10H2,1H3. The van der Waals surface area contributed by atoms with E-state index in [4.69, 9.17) is 0 Å².